The highest BCUT2D eigenvalue weighted by molar-refractivity contribution is 5.74. The number of urea groups is 1. The molecule has 0 radical (unpaired) electrons. The molecule has 0 heterocycles. The van der Waals surface area contributed by atoms with E-state index in [0.29, 0.717) is 13.2 Å². The van der Waals surface area contributed by atoms with Crippen molar-refractivity contribution in [3.63, 3.8) is 0 Å². The maximum Gasteiger partial charge on any atom is 0.317 e. The molecule has 1 rings (SSSR count). The third-order valence-electron chi connectivity index (χ3n) is 3.47. The van der Waals surface area contributed by atoms with Crippen molar-refractivity contribution in [1.29, 1.82) is 0 Å². The van der Waals surface area contributed by atoms with Gasteiger partial charge in [0.25, 0.3) is 0 Å². The number of hydrogen-bond donors (Lipinski definition) is 1. The summed E-state index contributed by atoms with van der Waals surface area (Å²) in [4.78, 5) is 14.0. The molecule has 4 heteroatoms. The maximum absolute atomic E-state index is 12.2. The lowest BCUT2D eigenvalue weighted by Crippen LogP contribution is -2.42. The molecule has 0 fully saturated rings. The third kappa shape index (κ3) is 7.91. The van der Waals surface area contributed by atoms with Crippen LogP contribution in [0.15, 0.2) is 30.3 Å². The summed E-state index contributed by atoms with van der Waals surface area (Å²) in [7, 11) is 0. The van der Waals surface area contributed by atoms with E-state index in [9.17, 15) is 4.79 Å². The first-order valence-corrected chi connectivity index (χ1v) is 8.48. The highest BCUT2D eigenvalue weighted by Crippen LogP contribution is 2.08. The van der Waals surface area contributed by atoms with Gasteiger partial charge >= 0.3 is 6.03 Å². The monoisotopic (exact) mass is 306 g/mol. The normalized spacial score (nSPS) is 10.3. The van der Waals surface area contributed by atoms with Crippen LogP contribution in [-0.2, 0) is 0 Å². The van der Waals surface area contributed by atoms with Crippen molar-refractivity contribution in [3.8, 4) is 5.75 Å². The van der Waals surface area contributed by atoms with Crippen LogP contribution in [0.25, 0.3) is 0 Å². The Hall–Kier alpha value is -1.71. The molecule has 1 N–H and O–H groups in total. The number of amides is 2. The van der Waals surface area contributed by atoms with Crippen molar-refractivity contribution < 1.29 is 9.53 Å². The van der Waals surface area contributed by atoms with Crippen molar-refractivity contribution in [2.45, 2.75) is 46.0 Å². The first-order valence-electron chi connectivity index (χ1n) is 8.48. The number of para-hydroxylation sites is 1. The van der Waals surface area contributed by atoms with Gasteiger partial charge in [0, 0.05) is 13.1 Å². The topological polar surface area (TPSA) is 41.6 Å². The number of carbonyl (C=O) groups is 1. The van der Waals surface area contributed by atoms with Crippen molar-refractivity contribution in [2.75, 3.05) is 26.2 Å². The van der Waals surface area contributed by atoms with E-state index in [1.54, 1.807) is 0 Å². The van der Waals surface area contributed by atoms with Crippen LogP contribution in [0.2, 0.25) is 0 Å². The Bertz CT molecular complexity index is 395. The van der Waals surface area contributed by atoms with E-state index < -0.39 is 0 Å². The molecule has 0 bridgehead atoms. The number of hydrogen-bond acceptors (Lipinski definition) is 2. The number of carbonyl (C=O) groups excluding carboxylic acids is 1. The molecule has 0 aromatic heterocycles. The SMILES string of the molecule is CCCCCCN(CCOc1ccccc1)C(=O)NCCC. The molecule has 0 aliphatic heterocycles. The summed E-state index contributed by atoms with van der Waals surface area (Å²) in [5.74, 6) is 0.849. The molecule has 1 aromatic carbocycles. The summed E-state index contributed by atoms with van der Waals surface area (Å²) in [6.07, 6.45) is 5.62. The van der Waals surface area contributed by atoms with Crippen LogP contribution in [0, 0.1) is 0 Å². The van der Waals surface area contributed by atoms with Gasteiger partial charge in [0.1, 0.15) is 12.4 Å². The largest absolute Gasteiger partial charge is 0.492 e. The second kappa shape index (κ2) is 11.9. The molecule has 0 aliphatic carbocycles. The van der Waals surface area contributed by atoms with Crippen LogP contribution in [0.3, 0.4) is 0 Å². The van der Waals surface area contributed by atoms with Gasteiger partial charge in [-0.2, -0.15) is 0 Å². The van der Waals surface area contributed by atoms with Crippen molar-refractivity contribution in [3.05, 3.63) is 30.3 Å². The van der Waals surface area contributed by atoms with E-state index in [1.807, 2.05) is 35.2 Å². The Morgan fingerprint density at radius 1 is 1.05 bits per heavy atom. The number of unbranched alkanes of at least 4 members (excludes halogenated alkanes) is 3. The van der Waals surface area contributed by atoms with E-state index in [2.05, 4.69) is 19.2 Å². The minimum Gasteiger partial charge on any atom is -0.492 e. The molecule has 1 aromatic rings. The predicted molar refractivity (Wildman–Crippen MR) is 91.3 cm³/mol. The molecule has 22 heavy (non-hydrogen) atoms. The number of nitrogens with zero attached hydrogens (tertiary/aromatic N) is 1. The van der Waals surface area contributed by atoms with Crippen LogP contribution < -0.4 is 10.1 Å². The quantitative estimate of drug-likeness (QED) is 0.626. The number of rotatable bonds is 11. The maximum atomic E-state index is 12.2. The van der Waals surface area contributed by atoms with Gasteiger partial charge in [-0.25, -0.2) is 4.79 Å². The van der Waals surface area contributed by atoms with Crippen LogP contribution in [0.5, 0.6) is 5.75 Å². The van der Waals surface area contributed by atoms with E-state index >= 15 is 0 Å². The predicted octanol–water partition coefficient (Wildman–Crippen LogP) is 4.07. The fraction of sp³-hybridized carbons (Fsp3) is 0.611. The van der Waals surface area contributed by atoms with Crippen molar-refractivity contribution in [1.82, 2.24) is 10.2 Å². The van der Waals surface area contributed by atoms with Crippen LogP contribution in [0.4, 0.5) is 4.79 Å². The Balaban J connectivity index is 2.37. The summed E-state index contributed by atoms with van der Waals surface area (Å²) < 4.78 is 5.70. The van der Waals surface area contributed by atoms with Crippen molar-refractivity contribution in [2.24, 2.45) is 0 Å². The second-order valence-corrected chi connectivity index (χ2v) is 5.44. The second-order valence-electron chi connectivity index (χ2n) is 5.44. The van der Waals surface area contributed by atoms with E-state index in [-0.39, 0.29) is 6.03 Å². The molecule has 0 spiro atoms. The van der Waals surface area contributed by atoms with Crippen molar-refractivity contribution >= 4 is 6.03 Å². The Morgan fingerprint density at radius 3 is 2.50 bits per heavy atom. The minimum absolute atomic E-state index is 0.0232. The molecular formula is C18H30N2O2. The Morgan fingerprint density at radius 2 is 1.82 bits per heavy atom. The zero-order valence-corrected chi connectivity index (χ0v) is 14.0. The summed E-state index contributed by atoms with van der Waals surface area (Å²) in [6, 6.07) is 9.75. The molecule has 0 unspecified atom stereocenters. The molecule has 0 saturated carbocycles. The van der Waals surface area contributed by atoms with Gasteiger partial charge in [0.2, 0.25) is 0 Å². The zero-order chi connectivity index (χ0) is 16.0. The van der Waals surface area contributed by atoms with Gasteiger partial charge in [-0.3, -0.25) is 0 Å². The molecule has 124 valence electrons. The zero-order valence-electron chi connectivity index (χ0n) is 14.0. The Kier molecular flexibility index (Phi) is 9.92. The highest BCUT2D eigenvalue weighted by Gasteiger charge is 2.12. The average Bonchev–Trinajstić information content (AvgIpc) is 2.55. The van der Waals surface area contributed by atoms with Crippen LogP contribution in [-0.4, -0.2) is 37.2 Å². The van der Waals surface area contributed by atoms with Gasteiger partial charge in [-0.1, -0.05) is 51.3 Å². The first kappa shape index (κ1) is 18.3. The van der Waals surface area contributed by atoms with Crippen LogP contribution >= 0.6 is 0 Å². The van der Waals surface area contributed by atoms with E-state index in [1.165, 1.54) is 19.3 Å². The standard InChI is InChI=1S/C18H30N2O2/c1-3-5-6-10-14-20(18(21)19-13-4-2)15-16-22-17-11-8-7-9-12-17/h7-9,11-12H,3-6,10,13-16H2,1-2H3,(H,19,21). The van der Waals surface area contributed by atoms with Gasteiger partial charge in [0.15, 0.2) is 0 Å². The highest BCUT2D eigenvalue weighted by atomic mass is 16.5. The van der Waals surface area contributed by atoms with E-state index in [0.717, 1.165) is 31.7 Å². The lowest BCUT2D eigenvalue weighted by molar-refractivity contribution is 0.181. The minimum atomic E-state index is 0.0232. The molecular weight excluding hydrogens is 276 g/mol. The Labute approximate surface area is 134 Å². The smallest absolute Gasteiger partial charge is 0.317 e. The fourth-order valence-electron chi connectivity index (χ4n) is 2.18. The number of benzene rings is 1. The number of ether oxygens (including phenoxy) is 1. The summed E-state index contributed by atoms with van der Waals surface area (Å²) >= 11 is 0. The number of nitrogens with one attached hydrogen (secondary N) is 1. The third-order valence-corrected chi connectivity index (χ3v) is 3.47. The fourth-order valence-corrected chi connectivity index (χ4v) is 2.18. The molecule has 4 nitrogen and oxygen atoms in total. The molecule has 2 amide bonds. The summed E-state index contributed by atoms with van der Waals surface area (Å²) in [5.41, 5.74) is 0. The van der Waals surface area contributed by atoms with Gasteiger partial charge in [-0.05, 0) is 25.0 Å². The van der Waals surface area contributed by atoms with E-state index in [4.69, 9.17) is 4.74 Å². The lowest BCUT2D eigenvalue weighted by Gasteiger charge is -2.23. The van der Waals surface area contributed by atoms with Gasteiger partial charge < -0.3 is 15.0 Å². The lowest BCUT2D eigenvalue weighted by atomic mass is 10.2. The molecule has 0 saturated heterocycles. The molecule has 0 aliphatic rings. The summed E-state index contributed by atoms with van der Waals surface area (Å²) in [6.45, 7) is 6.93. The molecule has 0 atom stereocenters. The average molecular weight is 306 g/mol. The van der Waals surface area contributed by atoms with Crippen LogP contribution in [0.1, 0.15) is 46.0 Å². The van der Waals surface area contributed by atoms with Gasteiger partial charge in [-0.15, -0.1) is 0 Å². The summed E-state index contributed by atoms with van der Waals surface area (Å²) in [5, 5.41) is 2.95. The first-order chi connectivity index (χ1) is 10.8. The van der Waals surface area contributed by atoms with Gasteiger partial charge in [0.05, 0.1) is 6.54 Å².